The fourth-order valence-electron chi connectivity index (χ4n) is 2.46. The lowest BCUT2D eigenvalue weighted by Crippen LogP contribution is -2.32. The van der Waals surface area contributed by atoms with Crippen molar-refractivity contribution in [2.45, 2.75) is 52.4 Å². The Morgan fingerprint density at radius 1 is 1.24 bits per heavy atom. The van der Waals surface area contributed by atoms with Gasteiger partial charge in [0.1, 0.15) is 0 Å². The van der Waals surface area contributed by atoms with Crippen LogP contribution in [0.4, 0.5) is 0 Å². The van der Waals surface area contributed by atoms with Crippen molar-refractivity contribution in [1.82, 2.24) is 5.32 Å². The first-order valence-corrected chi connectivity index (χ1v) is 8.20. The van der Waals surface area contributed by atoms with E-state index in [0.717, 1.165) is 38.6 Å². The van der Waals surface area contributed by atoms with E-state index in [2.05, 4.69) is 43.4 Å². The summed E-state index contributed by atoms with van der Waals surface area (Å²) in [4.78, 5) is 12.2. The topological polar surface area (TPSA) is 29.1 Å². The zero-order valence-electron chi connectivity index (χ0n) is 13.5. The molecule has 116 valence electrons. The monoisotopic (exact) mass is 287 g/mol. The predicted molar refractivity (Wildman–Crippen MR) is 90.2 cm³/mol. The molecule has 0 aliphatic rings. The average molecular weight is 287 g/mol. The van der Waals surface area contributed by atoms with Gasteiger partial charge in [-0.2, -0.15) is 0 Å². The molecule has 2 heteroatoms. The lowest BCUT2D eigenvalue weighted by Gasteiger charge is -2.14. The van der Waals surface area contributed by atoms with Gasteiger partial charge in [0.25, 0.3) is 0 Å². The third-order valence-corrected chi connectivity index (χ3v) is 3.83. The molecule has 1 unspecified atom stereocenters. The van der Waals surface area contributed by atoms with Gasteiger partial charge in [-0.1, -0.05) is 55.8 Å². The molecule has 1 atom stereocenters. The third kappa shape index (κ3) is 7.69. The highest BCUT2D eigenvalue weighted by Gasteiger charge is 2.15. The van der Waals surface area contributed by atoms with Gasteiger partial charge in [0, 0.05) is 12.5 Å². The molecule has 21 heavy (non-hydrogen) atoms. The van der Waals surface area contributed by atoms with Gasteiger partial charge >= 0.3 is 0 Å². The SMILES string of the molecule is C/C=C/CCCCC(CC)C(=O)NCCc1ccccc1. The van der Waals surface area contributed by atoms with E-state index in [4.69, 9.17) is 0 Å². The molecular weight excluding hydrogens is 258 g/mol. The molecule has 1 amide bonds. The molecule has 0 spiro atoms. The Hall–Kier alpha value is -1.57. The molecule has 1 aromatic carbocycles. The van der Waals surface area contributed by atoms with E-state index in [1.54, 1.807) is 0 Å². The average Bonchev–Trinajstić information content (AvgIpc) is 2.52. The first kappa shape index (κ1) is 17.5. The van der Waals surface area contributed by atoms with Crippen molar-refractivity contribution >= 4 is 5.91 Å². The smallest absolute Gasteiger partial charge is 0.223 e. The summed E-state index contributed by atoms with van der Waals surface area (Å²) in [5, 5.41) is 3.08. The van der Waals surface area contributed by atoms with Gasteiger partial charge in [-0.05, 0) is 44.6 Å². The summed E-state index contributed by atoms with van der Waals surface area (Å²) in [6, 6.07) is 10.3. The van der Waals surface area contributed by atoms with Crippen molar-refractivity contribution < 1.29 is 4.79 Å². The Kier molecular flexibility index (Phi) is 9.26. The molecule has 0 aromatic heterocycles. The summed E-state index contributed by atoms with van der Waals surface area (Å²) in [5.74, 6) is 0.394. The van der Waals surface area contributed by atoms with Gasteiger partial charge in [0.2, 0.25) is 5.91 Å². The first-order chi connectivity index (χ1) is 10.3. The van der Waals surface area contributed by atoms with Crippen molar-refractivity contribution in [2.75, 3.05) is 6.54 Å². The minimum absolute atomic E-state index is 0.173. The van der Waals surface area contributed by atoms with Crippen LogP contribution in [-0.4, -0.2) is 12.5 Å². The Morgan fingerprint density at radius 2 is 2.00 bits per heavy atom. The van der Waals surface area contributed by atoms with E-state index in [9.17, 15) is 4.79 Å². The van der Waals surface area contributed by atoms with Gasteiger partial charge in [-0.25, -0.2) is 0 Å². The van der Waals surface area contributed by atoms with Gasteiger partial charge < -0.3 is 5.32 Å². The molecule has 1 N–H and O–H groups in total. The molecular formula is C19H29NO. The number of carbonyl (C=O) groups excluding carboxylic acids is 1. The summed E-state index contributed by atoms with van der Waals surface area (Å²) in [5.41, 5.74) is 1.28. The second kappa shape index (κ2) is 11.1. The standard InChI is InChI=1S/C19H29NO/c1-3-5-6-7-11-14-18(4-2)19(21)20-16-15-17-12-9-8-10-13-17/h3,5,8-10,12-13,18H,4,6-7,11,14-16H2,1-2H3,(H,20,21)/b5-3+. The molecule has 0 aliphatic carbocycles. The molecule has 0 saturated carbocycles. The van der Waals surface area contributed by atoms with E-state index in [-0.39, 0.29) is 11.8 Å². The maximum Gasteiger partial charge on any atom is 0.223 e. The normalized spacial score (nSPS) is 12.5. The molecule has 1 rings (SSSR count). The highest BCUT2D eigenvalue weighted by Crippen LogP contribution is 2.14. The summed E-state index contributed by atoms with van der Waals surface area (Å²) < 4.78 is 0. The Balaban J connectivity index is 2.21. The van der Waals surface area contributed by atoms with E-state index in [1.165, 1.54) is 12.0 Å². The number of allylic oxidation sites excluding steroid dienone is 2. The largest absolute Gasteiger partial charge is 0.356 e. The van der Waals surface area contributed by atoms with Crippen molar-refractivity contribution in [1.29, 1.82) is 0 Å². The zero-order valence-corrected chi connectivity index (χ0v) is 13.5. The van der Waals surface area contributed by atoms with Gasteiger partial charge in [-0.15, -0.1) is 0 Å². The van der Waals surface area contributed by atoms with E-state index in [0.29, 0.717) is 0 Å². The first-order valence-electron chi connectivity index (χ1n) is 8.20. The van der Waals surface area contributed by atoms with Crippen molar-refractivity contribution in [2.24, 2.45) is 5.92 Å². The highest BCUT2D eigenvalue weighted by molar-refractivity contribution is 5.78. The van der Waals surface area contributed by atoms with Crippen LogP contribution >= 0.6 is 0 Å². The third-order valence-electron chi connectivity index (χ3n) is 3.83. The molecule has 0 bridgehead atoms. The van der Waals surface area contributed by atoms with Gasteiger partial charge in [0.05, 0.1) is 0 Å². The number of amides is 1. The second-order valence-electron chi connectivity index (χ2n) is 5.49. The van der Waals surface area contributed by atoms with Crippen LogP contribution in [0.25, 0.3) is 0 Å². The number of rotatable bonds is 10. The van der Waals surface area contributed by atoms with Gasteiger partial charge in [0.15, 0.2) is 0 Å². The maximum atomic E-state index is 12.2. The number of carbonyl (C=O) groups is 1. The highest BCUT2D eigenvalue weighted by atomic mass is 16.1. The summed E-state index contributed by atoms with van der Waals surface area (Å²) >= 11 is 0. The number of benzene rings is 1. The predicted octanol–water partition coefficient (Wildman–Crippen LogP) is 4.51. The van der Waals surface area contributed by atoms with Crippen LogP contribution in [0.5, 0.6) is 0 Å². The Labute approximate surface area is 129 Å². The molecule has 0 fully saturated rings. The molecule has 0 saturated heterocycles. The van der Waals surface area contributed by atoms with Gasteiger partial charge in [-0.3, -0.25) is 4.79 Å². The van der Waals surface area contributed by atoms with E-state index >= 15 is 0 Å². The maximum absolute atomic E-state index is 12.2. The molecule has 0 aliphatic heterocycles. The van der Waals surface area contributed by atoms with E-state index in [1.807, 2.05) is 18.2 Å². The summed E-state index contributed by atoms with van der Waals surface area (Å²) in [6.45, 7) is 4.89. The molecule has 0 radical (unpaired) electrons. The number of hydrogen-bond donors (Lipinski definition) is 1. The van der Waals surface area contributed by atoms with Crippen LogP contribution in [0.1, 0.15) is 51.5 Å². The van der Waals surface area contributed by atoms with Crippen molar-refractivity contribution in [3.63, 3.8) is 0 Å². The van der Waals surface area contributed by atoms with Crippen molar-refractivity contribution in [3.05, 3.63) is 48.0 Å². The Bertz CT molecular complexity index is 411. The second-order valence-corrected chi connectivity index (χ2v) is 5.49. The molecule has 1 aromatic rings. The Morgan fingerprint density at radius 3 is 2.67 bits per heavy atom. The van der Waals surface area contributed by atoms with Crippen LogP contribution in [0.15, 0.2) is 42.5 Å². The zero-order chi connectivity index (χ0) is 15.3. The van der Waals surface area contributed by atoms with E-state index < -0.39 is 0 Å². The number of hydrogen-bond acceptors (Lipinski definition) is 1. The van der Waals surface area contributed by atoms with Crippen LogP contribution in [0.3, 0.4) is 0 Å². The number of nitrogens with one attached hydrogen (secondary N) is 1. The minimum atomic E-state index is 0.173. The molecule has 0 heterocycles. The summed E-state index contributed by atoms with van der Waals surface area (Å²) in [7, 11) is 0. The quantitative estimate of drug-likeness (QED) is 0.498. The molecule has 2 nitrogen and oxygen atoms in total. The fraction of sp³-hybridized carbons (Fsp3) is 0.526. The number of unbranched alkanes of at least 4 members (excludes halogenated alkanes) is 2. The summed E-state index contributed by atoms with van der Waals surface area (Å²) in [6.07, 6.45) is 10.6. The fourth-order valence-corrected chi connectivity index (χ4v) is 2.46. The van der Waals surface area contributed by atoms with Crippen LogP contribution in [0, 0.1) is 5.92 Å². The minimum Gasteiger partial charge on any atom is -0.356 e. The van der Waals surface area contributed by atoms with Crippen LogP contribution in [0.2, 0.25) is 0 Å². The van der Waals surface area contributed by atoms with Crippen LogP contribution in [-0.2, 0) is 11.2 Å². The van der Waals surface area contributed by atoms with Crippen LogP contribution < -0.4 is 5.32 Å². The van der Waals surface area contributed by atoms with Crippen molar-refractivity contribution in [3.8, 4) is 0 Å². The lowest BCUT2D eigenvalue weighted by atomic mass is 9.97. The lowest BCUT2D eigenvalue weighted by molar-refractivity contribution is -0.125.